The number of Topliss-reactive ketones (excluding diaryl/α,β-unsaturated/α-hetero) is 1. The van der Waals surface area contributed by atoms with Crippen LogP contribution in [0.3, 0.4) is 0 Å². The van der Waals surface area contributed by atoms with Gasteiger partial charge in [0.05, 0.1) is 6.54 Å². The first-order valence-corrected chi connectivity index (χ1v) is 5.06. The maximum atomic E-state index is 13.1. The van der Waals surface area contributed by atoms with E-state index in [9.17, 15) is 18.0 Å². The van der Waals surface area contributed by atoms with Gasteiger partial charge in [-0.05, 0) is 25.1 Å². The van der Waals surface area contributed by atoms with Crippen LogP contribution in [0.1, 0.15) is 17.3 Å². The molecule has 0 aliphatic carbocycles. The molecule has 0 aliphatic heterocycles. The van der Waals surface area contributed by atoms with E-state index in [1.54, 1.807) is 0 Å². The number of nitrogens with zero attached hydrogens (tertiary/aromatic N) is 1. The zero-order chi connectivity index (χ0) is 12.6. The molecule has 0 atom stereocenters. The van der Waals surface area contributed by atoms with Gasteiger partial charge in [-0.1, -0.05) is 0 Å². The lowest BCUT2D eigenvalue weighted by atomic mass is 10.1. The zero-order valence-corrected chi connectivity index (χ0v) is 9.08. The molecular weight excluding hydrogens is 231 g/mol. The molecular formula is C12H10F3NO. The molecule has 2 nitrogen and oxygen atoms in total. The van der Waals surface area contributed by atoms with Crippen LogP contribution >= 0.6 is 0 Å². The van der Waals surface area contributed by atoms with Crippen LogP contribution in [0.5, 0.6) is 0 Å². The van der Waals surface area contributed by atoms with Crippen molar-refractivity contribution in [2.24, 2.45) is 0 Å². The highest BCUT2D eigenvalue weighted by Crippen LogP contribution is 2.23. The molecule has 90 valence electrons. The Balaban J connectivity index is 2.66. The van der Waals surface area contributed by atoms with Crippen molar-refractivity contribution in [2.75, 3.05) is 0 Å². The van der Waals surface area contributed by atoms with E-state index in [4.69, 9.17) is 0 Å². The largest absolute Gasteiger partial charge is 0.341 e. The lowest BCUT2D eigenvalue weighted by Gasteiger charge is -2.03. The average Bonchev–Trinajstić information content (AvgIpc) is 2.55. The molecule has 0 radical (unpaired) electrons. The Hall–Kier alpha value is -1.78. The van der Waals surface area contributed by atoms with E-state index in [2.05, 4.69) is 0 Å². The van der Waals surface area contributed by atoms with E-state index in [-0.39, 0.29) is 11.3 Å². The van der Waals surface area contributed by atoms with Gasteiger partial charge < -0.3 is 4.57 Å². The highest BCUT2D eigenvalue weighted by molar-refractivity contribution is 6.06. The van der Waals surface area contributed by atoms with Crippen LogP contribution in [0.25, 0.3) is 10.9 Å². The number of rotatable bonds is 3. The van der Waals surface area contributed by atoms with Crippen molar-refractivity contribution in [3.8, 4) is 0 Å². The second-order valence-electron chi connectivity index (χ2n) is 3.80. The van der Waals surface area contributed by atoms with Gasteiger partial charge in [-0.3, -0.25) is 4.79 Å². The number of carbonyl (C=O) groups excluding carboxylic acids is 1. The molecule has 0 saturated heterocycles. The van der Waals surface area contributed by atoms with Gasteiger partial charge in [0.25, 0.3) is 6.43 Å². The number of hydrogen-bond acceptors (Lipinski definition) is 1. The van der Waals surface area contributed by atoms with Gasteiger partial charge in [0.2, 0.25) is 0 Å². The first-order valence-electron chi connectivity index (χ1n) is 5.06. The second-order valence-corrected chi connectivity index (χ2v) is 3.80. The van der Waals surface area contributed by atoms with Crippen LogP contribution in [0.4, 0.5) is 13.2 Å². The molecule has 0 fully saturated rings. The van der Waals surface area contributed by atoms with Gasteiger partial charge >= 0.3 is 0 Å². The van der Waals surface area contributed by atoms with Crippen molar-refractivity contribution in [3.63, 3.8) is 0 Å². The lowest BCUT2D eigenvalue weighted by molar-refractivity contribution is 0.101. The minimum Gasteiger partial charge on any atom is -0.341 e. The van der Waals surface area contributed by atoms with Crippen molar-refractivity contribution in [2.45, 2.75) is 19.9 Å². The summed E-state index contributed by atoms with van der Waals surface area (Å²) in [6.07, 6.45) is -1.17. The zero-order valence-electron chi connectivity index (χ0n) is 9.08. The molecule has 0 amide bonds. The van der Waals surface area contributed by atoms with Gasteiger partial charge in [-0.15, -0.1) is 0 Å². The molecule has 5 heteroatoms. The second kappa shape index (κ2) is 4.24. The molecule has 0 spiro atoms. The Morgan fingerprint density at radius 3 is 2.71 bits per heavy atom. The molecule has 0 saturated carbocycles. The third kappa shape index (κ3) is 2.18. The Morgan fingerprint density at radius 1 is 1.41 bits per heavy atom. The fourth-order valence-electron chi connectivity index (χ4n) is 1.85. The smallest absolute Gasteiger partial charge is 0.256 e. The number of carbonyl (C=O) groups is 1. The number of ketones is 1. The lowest BCUT2D eigenvalue weighted by Crippen LogP contribution is -2.05. The van der Waals surface area contributed by atoms with Crippen LogP contribution in [-0.2, 0) is 6.54 Å². The average molecular weight is 241 g/mol. The molecule has 0 unspecified atom stereocenters. The number of aromatic nitrogens is 1. The van der Waals surface area contributed by atoms with E-state index in [1.807, 2.05) is 0 Å². The quantitative estimate of drug-likeness (QED) is 0.756. The molecule has 17 heavy (non-hydrogen) atoms. The monoisotopic (exact) mass is 241 g/mol. The summed E-state index contributed by atoms with van der Waals surface area (Å²) in [5.74, 6) is -0.761. The minimum atomic E-state index is -2.52. The first kappa shape index (κ1) is 11.7. The van der Waals surface area contributed by atoms with Gasteiger partial charge in [-0.25, -0.2) is 13.2 Å². The summed E-state index contributed by atoms with van der Waals surface area (Å²) in [6, 6.07) is 3.78. The summed E-state index contributed by atoms with van der Waals surface area (Å²) in [5.41, 5.74) is 0.706. The Morgan fingerprint density at radius 2 is 2.12 bits per heavy atom. The number of fused-ring (bicyclic) bond motifs is 1. The van der Waals surface area contributed by atoms with E-state index in [1.165, 1.54) is 35.9 Å². The molecule has 2 aromatic rings. The summed E-state index contributed by atoms with van der Waals surface area (Å²) in [4.78, 5) is 11.3. The maximum Gasteiger partial charge on any atom is 0.256 e. The van der Waals surface area contributed by atoms with Crippen molar-refractivity contribution < 1.29 is 18.0 Å². The van der Waals surface area contributed by atoms with E-state index < -0.39 is 18.8 Å². The van der Waals surface area contributed by atoms with Crippen molar-refractivity contribution in [1.29, 1.82) is 0 Å². The third-order valence-corrected chi connectivity index (χ3v) is 2.56. The molecule has 0 bridgehead atoms. The standard InChI is InChI=1S/C12H10F3NO/c1-7(17)10-5-16(6-12(14)15)11-3-2-8(13)4-9(10)11/h2-5,12H,6H2,1H3. The molecule has 1 aromatic carbocycles. The summed E-state index contributed by atoms with van der Waals surface area (Å²) in [7, 11) is 0. The summed E-state index contributed by atoms with van der Waals surface area (Å²) >= 11 is 0. The normalized spacial score (nSPS) is 11.4. The number of alkyl halides is 2. The fourth-order valence-corrected chi connectivity index (χ4v) is 1.85. The van der Waals surface area contributed by atoms with Crippen molar-refractivity contribution >= 4 is 16.7 Å². The van der Waals surface area contributed by atoms with Crippen LogP contribution in [0.2, 0.25) is 0 Å². The van der Waals surface area contributed by atoms with Gasteiger partial charge in [0.15, 0.2) is 5.78 Å². The first-order chi connectivity index (χ1) is 7.99. The van der Waals surface area contributed by atoms with Crippen LogP contribution in [0, 0.1) is 5.82 Å². The third-order valence-electron chi connectivity index (χ3n) is 2.56. The van der Waals surface area contributed by atoms with Gasteiger partial charge in [0.1, 0.15) is 5.82 Å². The molecule has 0 aliphatic rings. The van der Waals surface area contributed by atoms with E-state index in [0.717, 1.165) is 0 Å². The number of halogens is 3. The Labute approximate surface area is 95.7 Å². The molecule has 1 aromatic heterocycles. The topological polar surface area (TPSA) is 22.0 Å². The van der Waals surface area contributed by atoms with E-state index >= 15 is 0 Å². The summed E-state index contributed by atoms with van der Waals surface area (Å²) in [6.45, 7) is 0.821. The highest BCUT2D eigenvalue weighted by atomic mass is 19.3. The predicted molar refractivity (Wildman–Crippen MR) is 57.9 cm³/mol. The SMILES string of the molecule is CC(=O)c1cn(CC(F)F)c2ccc(F)cc12. The molecule has 0 N–H and O–H groups in total. The molecule has 2 rings (SSSR count). The van der Waals surface area contributed by atoms with Crippen molar-refractivity contribution in [3.05, 3.63) is 35.8 Å². The number of hydrogen-bond donors (Lipinski definition) is 0. The predicted octanol–water partition coefficient (Wildman–Crippen LogP) is 3.25. The fraction of sp³-hybridized carbons (Fsp3) is 0.250. The van der Waals surface area contributed by atoms with Crippen LogP contribution in [-0.4, -0.2) is 16.8 Å². The Bertz CT molecular complexity index is 574. The van der Waals surface area contributed by atoms with E-state index in [0.29, 0.717) is 10.9 Å². The summed E-state index contributed by atoms with van der Waals surface area (Å²) in [5, 5.41) is 0.373. The van der Waals surface area contributed by atoms with Gasteiger partial charge in [0, 0.05) is 22.7 Å². The highest BCUT2D eigenvalue weighted by Gasteiger charge is 2.14. The van der Waals surface area contributed by atoms with Crippen molar-refractivity contribution in [1.82, 2.24) is 4.57 Å². The van der Waals surface area contributed by atoms with Gasteiger partial charge in [-0.2, -0.15) is 0 Å². The summed E-state index contributed by atoms with van der Waals surface area (Å²) < 4.78 is 39.1. The minimum absolute atomic E-state index is 0.264. The number of benzene rings is 1. The maximum absolute atomic E-state index is 13.1. The van der Waals surface area contributed by atoms with Crippen LogP contribution in [0.15, 0.2) is 24.4 Å². The molecule has 1 heterocycles. The van der Waals surface area contributed by atoms with Crippen LogP contribution < -0.4 is 0 Å². The Kier molecular flexibility index (Phi) is 2.92.